The first-order valence-electron chi connectivity index (χ1n) is 8.03. The van der Waals surface area contributed by atoms with Gasteiger partial charge in [-0.15, -0.1) is 11.8 Å². The van der Waals surface area contributed by atoms with Crippen LogP contribution in [0.25, 0.3) is 0 Å². The summed E-state index contributed by atoms with van der Waals surface area (Å²) in [5.74, 6) is -0.234. The minimum absolute atomic E-state index is 0.0297. The highest BCUT2D eigenvalue weighted by molar-refractivity contribution is 8.00. The molecular weight excluding hydrogens is 386 g/mol. The Morgan fingerprint density at radius 2 is 1.56 bits per heavy atom. The van der Waals surface area contributed by atoms with Gasteiger partial charge in [0.25, 0.3) is 0 Å². The molecule has 9 heteroatoms. The van der Waals surface area contributed by atoms with E-state index in [1.54, 1.807) is 0 Å². The molecule has 0 unspecified atom stereocenters. The SMILES string of the molecule is Cc1ccc(NC(=O)CSCC(=O)Nc2ccc(S(N)(=O)=O)cc2)c(C)c1. The Morgan fingerprint density at radius 1 is 0.963 bits per heavy atom. The lowest BCUT2D eigenvalue weighted by Crippen LogP contribution is -2.19. The topological polar surface area (TPSA) is 118 Å². The van der Waals surface area contributed by atoms with E-state index in [4.69, 9.17) is 5.14 Å². The number of thioether (sulfide) groups is 1. The van der Waals surface area contributed by atoms with Crippen LogP contribution in [0.1, 0.15) is 11.1 Å². The number of nitrogens with one attached hydrogen (secondary N) is 2. The zero-order chi connectivity index (χ0) is 20.0. The molecule has 0 fully saturated rings. The van der Waals surface area contributed by atoms with Gasteiger partial charge >= 0.3 is 0 Å². The van der Waals surface area contributed by atoms with E-state index in [1.807, 2.05) is 32.0 Å². The predicted molar refractivity (Wildman–Crippen MR) is 108 cm³/mol. The van der Waals surface area contributed by atoms with E-state index in [1.165, 1.54) is 36.0 Å². The van der Waals surface area contributed by atoms with Crippen molar-refractivity contribution in [2.24, 2.45) is 5.14 Å². The first-order chi connectivity index (χ1) is 12.6. The van der Waals surface area contributed by atoms with Gasteiger partial charge in [0, 0.05) is 11.4 Å². The van der Waals surface area contributed by atoms with Crippen molar-refractivity contribution in [1.82, 2.24) is 0 Å². The molecule has 0 saturated heterocycles. The van der Waals surface area contributed by atoms with Crippen LogP contribution in [-0.2, 0) is 19.6 Å². The molecule has 0 atom stereocenters. The van der Waals surface area contributed by atoms with E-state index in [0.717, 1.165) is 16.8 Å². The molecule has 2 rings (SSSR count). The van der Waals surface area contributed by atoms with Crippen molar-refractivity contribution in [3.05, 3.63) is 53.6 Å². The van der Waals surface area contributed by atoms with Crippen LogP contribution >= 0.6 is 11.8 Å². The zero-order valence-corrected chi connectivity index (χ0v) is 16.6. The summed E-state index contributed by atoms with van der Waals surface area (Å²) in [6.45, 7) is 3.90. The molecule has 0 saturated carbocycles. The van der Waals surface area contributed by atoms with Crippen LogP contribution in [0.4, 0.5) is 11.4 Å². The molecule has 2 aromatic rings. The number of amides is 2. The van der Waals surface area contributed by atoms with Crippen molar-refractivity contribution in [2.45, 2.75) is 18.7 Å². The molecule has 0 aromatic heterocycles. The van der Waals surface area contributed by atoms with Crippen LogP contribution in [0.15, 0.2) is 47.4 Å². The van der Waals surface area contributed by atoms with E-state index >= 15 is 0 Å². The Balaban J connectivity index is 1.77. The lowest BCUT2D eigenvalue weighted by molar-refractivity contribution is -0.114. The van der Waals surface area contributed by atoms with Crippen molar-refractivity contribution < 1.29 is 18.0 Å². The Bertz CT molecular complexity index is 942. The van der Waals surface area contributed by atoms with Gasteiger partial charge in [-0.1, -0.05) is 17.7 Å². The van der Waals surface area contributed by atoms with Gasteiger partial charge in [-0.05, 0) is 49.7 Å². The smallest absolute Gasteiger partial charge is 0.238 e. The number of anilines is 2. The predicted octanol–water partition coefficient (Wildman–Crippen LogP) is 2.26. The summed E-state index contributed by atoms with van der Waals surface area (Å²) in [6.07, 6.45) is 0. The van der Waals surface area contributed by atoms with Gasteiger partial charge in [-0.25, -0.2) is 13.6 Å². The molecule has 4 N–H and O–H groups in total. The summed E-state index contributed by atoms with van der Waals surface area (Å²) in [5, 5.41) is 10.5. The number of primary sulfonamides is 1. The number of hydrogen-bond donors (Lipinski definition) is 3. The highest BCUT2D eigenvalue weighted by atomic mass is 32.2. The van der Waals surface area contributed by atoms with Gasteiger partial charge < -0.3 is 10.6 Å². The Morgan fingerprint density at radius 3 is 2.11 bits per heavy atom. The maximum Gasteiger partial charge on any atom is 0.238 e. The molecule has 7 nitrogen and oxygen atoms in total. The summed E-state index contributed by atoms with van der Waals surface area (Å²) in [7, 11) is -3.76. The molecular formula is C18H21N3O4S2. The third kappa shape index (κ3) is 6.70. The van der Waals surface area contributed by atoms with E-state index in [2.05, 4.69) is 10.6 Å². The van der Waals surface area contributed by atoms with Crippen LogP contribution in [0.2, 0.25) is 0 Å². The first-order valence-corrected chi connectivity index (χ1v) is 10.7. The van der Waals surface area contributed by atoms with Crippen LogP contribution in [0.3, 0.4) is 0 Å². The molecule has 0 aliphatic rings. The lowest BCUT2D eigenvalue weighted by atomic mass is 10.1. The second-order valence-electron chi connectivity index (χ2n) is 5.98. The van der Waals surface area contributed by atoms with Crippen LogP contribution in [0.5, 0.6) is 0 Å². The van der Waals surface area contributed by atoms with Gasteiger partial charge in [0.2, 0.25) is 21.8 Å². The number of aryl methyl sites for hydroxylation is 2. The summed E-state index contributed by atoms with van der Waals surface area (Å²) < 4.78 is 22.4. The number of sulfonamides is 1. The molecule has 0 radical (unpaired) electrons. The third-order valence-corrected chi connectivity index (χ3v) is 5.45. The summed E-state index contributed by atoms with van der Waals surface area (Å²) in [6, 6.07) is 11.3. The van der Waals surface area contributed by atoms with Gasteiger partial charge in [-0.3, -0.25) is 9.59 Å². The maximum absolute atomic E-state index is 12.0. The summed E-state index contributed by atoms with van der Waals surface area (Å²) in [4.78, 5) is 23.9. The van der Waals surface area contributed by atoms with Crippen LogP contribution in [-0.4, -0.2) is 31.7 Å². The molecule has 2 amide bonds. The molecule has 0 heterocycles. The lowest BCUT2D eigenvalue weighted by Gasteiger charge is -2.09. The Hall–Kier alpha value is -2.36. The quantitative estimate of drug-likeness (QED) is 0.651. The van der Waals surface area contributed by atoms with Gasteiger partial charge in [0.15, 0.2) is 0 Å². The minimum Gasteiger partial charge on any atom is -0.325 e. The third-order valence-electron chi connectivity index (χ3n) is 3.59. The van der Waals surface area contributed by atoms with E-state index in [9.17, 15) is 18.0 Å². The number of rotatable bonds is 7. The maximum atomic E-state index is 12.0. The van der Waals surface area contributed by atoms with Crippen molar-refractivity contribution in [3.63, 3.8) is 0 Å². The largest absolute Gasteiger partial charge is 0.325 e. The molecule has 2 aromatic carbocycles. The number of nitrogens with two attached hydrogens (primary N) is 1. The Labute approximate surface area is 162 Å². The fraction of sp³-hybridized carbons (Fsp3) is 0.222. The first kappa shape index (κ1) is 20.9. The van der Waals surface area contributed by atoms with Crippen molar-refractivity contribution >= 4 is 45.0 Å². The fourth-order valence-corrected chi connectivity index (χ4v) is 3.43. The van der Waals surface area contributed by atoms with E-state index in [-0.39, 0.29) is 28.2 Å². The second-order valence-corrected chi connectivity index (χ2v) is 8.52. The Kier molecular flexibility index (Phi) is 7.00. The standard InChI is InChI=1S/C18H21N3O4S2/c1-12-3-8-16(13(2)9-12)21-18(23)11-26-10-17(22)20-14-4-6-15(7-5-14)27(19,24)25/h3-9H,10-11H2,1-2H3,(H,20,22)(H,21,23)(H2,19,24,25). The van der Waals surface area contributed by atoms with Crippen molar-refractivity contribution in [1.29, 1.82) is 0 Å². The van der Waals surface area contributed by atoms with E-state index in [0.29, 0.717) is 5.69 Å². The van der Waals surface area contributed by atoms with Gasteiger partial charge in [-0.2, -0.15) is 0 Å². The molecule has 0 aliphatic heterocycles. The van der Waals surface area contributed by atoms with Gasteiger partial charge in [0.1, 0.15) is 0 Å². The highest BCUT2D eigenvalue weighted by Gasteiger charge is 2.10. The normalized spacial score (nSPS) is 11.1. The number of carbonyl (C=O) groups excluding carboxylic acids is 2. The number of carbonyl (C=O) groups is 2. The van der Waals surface area contributed by atoms with E-state index < -0.39 is 10.0 Å². The minimum atomic E-state index is -3.76. The molecule has 0 bridgehead atoms. The van der Waals surface area contributed by atoms with Crippen LogP contribution < -0.4 is 15.8 Å². The summed E-state index contributed by atoms with van der Waals surface area (Å²) >= 11 is 1.18. The molecule has 0 aliphatic carbocycles. The highest BCUT2D eigenvalue weighted by Crippen LogP contribution is 2.17. The number of benzene rings is 2. The molecule has 0 spiro atoms. The van der Waals surface area contributed by atoms with Crippen molar-refractivity contribution in [3.8, 4) is 0 Å². The number of hydrogen-bond acceptors (Lipinski definition) is 5. The van der Waals surface area contributed by atoms with Gasteiger partial charge in [0.05, 0.1) is 16.4 Å². The fourth-order valence-electron chi connectivity index (χ4n) is 2.30. The average molecular weight is 408 g/mol. The molecule has 144 valence electrons. The monoisotopic (exact) mass is 407 g/mol. The zero-order valence-electron chi connectivity index (χ0n) is 15.0. The summed E-state index contributed by atoms with van der Waals surface area (Å²) in [5.41, 5.74) is 3.31. The second kappa shape index (κ2) is 9.03. The van der Waals surface area contributed by atoms with Crippen LogP contribution in [0, 0.1) is 13.8 Å². The molecule has 27 heavy (non-hydrogen) atoms. The van der Waals surface area contributed by atoms with Crippen molar-refractivity contribution in [2.75, 3.05) is 22.1 Å². The average Bonchev–Trinajstić information content (AvgIpc) is 2.57.